The minimum absolute atomic E-state index is 0.0245. The minimum atomic E-state index is -0.227. The van der Waals surface area contributed by atoms with Gasteiger partial charge in [-0.1, -0.05) is 29.5 Å². The van der Waals surface area contributed by atoms with Crippen LogP contribution in [0.25, 0.3) is 0 Å². The zero-order valence-corrected chi connectivity index (χ0v) is 12.5. The van der Waals surface area contributed by atoms with Crippen LogP contribution in [0.5, 0.6) is 5.75 Å². The summed E-state index contributed by atoms with van der Waals surface area (Å²) in [6, 6.07) is 7.75. The third kappa shape index (κ3) is 2.50. The van der Waals surface area contributed by atoms with Gasteiger partial charge in [0, 0.05) is 6.42 Å². The first-order chi connectivity index (χ1) is 8.59. The van der Waals surface area contributed by atoms with Gasteiger partial charge in [0.2, 0.25) is 5.91 Å². The van der Waals surface area contributed by atoms with E-state index in [-0.39, 0.29) is 9.33 Å². The molecule has 0 aliphatic carbocycles. The highest BCUT2D eigenvalue weighted by molar-refractivity contribution is 14.1. The summed E-state index contributed by atoms with van der Waals surface area (Å²) >= 11 is 2.33. The monoisotopic (exact) mass is 358 g/mol. The maximum absolute atomic E-state index is 11.5. The van der Waals surface area contributed by atoms with E-state index >= 15 is 0 Å². The van der Waals surface area contributed by atoms with Crippen LogP contribution in [0.3, 0.4) is 0 Å². The Labute approximate surface area is 120 Å². The molecular weight excluding hydrogens is 343 g/mol. The second-order valence-electron chi connectivity index (χ2n) is 4.22. The Morgan fingerprint density at radius 2 is 2.11 bits per heavy atom. The molecule has 0 saturated heterocycles. The summed E-state index contributed by atoms with van der Waals surface area (Å²) < 4.78 is 4.91. The molecule has 1 aliphatic rings. The van der Waals surface area contributed by atoms with Crippen LogP contribution in [0.2, 0.25) is 0 Å². The van der Waals surface area contributed by atoms with E-state index in [0.717, 1.165) is 23.4 Å². The van der Waals surface area contributed by atoms with Gasteiger partial charge in [-0.05, 0) is 36.2 Å². The van der Waals surface area contributed by atoms with Crippen molar-refractivity contribution in [1.82, 2.24) is 5.43 Å². The van der Waals surface area contributed by atoms with Gasteiger partial charge < -0.3 is 4.74 Å². The predicted molar refractivity (Wildman–Crippen MR) is 79.3 cm³/mol. The molecule has 4 nitrogen and oxygen atoms in total. The fraction of sp³-hybridized carbons (Fsp3) is 0.385. The highest BCUT2D eigenvalue weighted by Crippen LogP contribution is 2.34. The summed E-state index contributed by atoms with van der Waals surface area (Å²) in [6.45, 7) is 2.07. The van der Waals surface area contributed by atoms with E-state index < -0.39 is 0 Å². The van der Waals surface area contributed by atoms with Crippen LogP contribution in [0.1, 0.15) is 25.3 Å². The number of nitrogens with zero attached hydrogens (tertiary/aromatic N) is 1. The van der Waals surface area contributed by atoms with Crippen LogP contribution < -0.4 is 10.2 Å². The van der Waals surface area contributed by atoms with E-state index in [9.17, 15) is 4.79 Å². The van der Waals surface area contributed by atoms with E-state index in [1.54, 1.807) is 7.11 Å². The third-order valence-corrected chi connectivity index (χ3v) is 4.74. The van der Waals surface area contributed by atoms with Crippen LogP contribution in [-0.2, 0) is 4.79 Å². The quantitative estimate of drug-likeness (QED) is 0.667. The van der Waals surface area contributed by atoms with Gasteiger partial charge in [0.1, 0.15) is 5.75 Å². The molecule has 96 valence electrons. The Morgan fingerprint density at radius 1 is 1.44 bits per heavy atom. The van der Waals surface area contributed by atoms with Gasteiger partial charge in [-0.25, -0.2) is 5.43 Å². The zero-order valence-electron chi connectivity index (χ0n) is 10.4. The number of rotatable bonds is 3. The molecule has 1 heterocycles. The lowest BCUT2D eigenvalue weighted by atomic mass is 9.90. The number of halogens is 1. The van der Waals surface area contributed by atoms with Crippen molar-refractivity contribution in [3.8, 4) is 5.75 Å². The maximum Gasteiger partial charge on any atom is 0.241 e. The summed E-state index contributed by atoms with van der Waals surface area (Å²) in [5.74, 6) is 0.790. The van der Waals surface area contributed by atoms with E-state index in [0.29, 0.717) is 6.42 Å². The van der Waals surface area contributed by atoms with Crippen molar-refractivity contribution in [2.75, 3.05) is 7.11 Å². The molecule has 1 unspecified atom stereocenters. The van der Waals surface area contributed by atoms with Gasteiger partial charge in [-0.15, -0.1) is 0 Å². The normalized spacial score (nSPS) is 23.3. The van der Waals surface area contributed by atoms with Crippen LogP contribution >= 0.6 is 22.6 Å². The number of carbonyl (C=O) groups excluding carboxylic acids is 1. The fourth-order valence-corrected chi connectivity index (χ4v) is 2.74. The zero-order chi connectivity index (χ0) is 13.2. The molecule has 0 spiro atoms. The molecule has 1 atom stereocenters. The second-order valence-corrected chi connectivity index (χ2v) is 6.28. The van der Waals surface area contributed by atoms with Crippen molar-refractivity contribution < 1.29 is 9.53 Å². The molecule has 0 bridgehead atoms. The van der Waals surface area contributed by atoms with Gasteiger partial charge in [0.15, 0.2) is 0 Å². The Morgan fingerprint density at radius 3 is 2.67 bits per heavy atom. The van der Waals surface area contributed by atoms with Gasteiger partial charge in [-0.2, -0.15) is 5.10 Å². The number of benzene rings is 1. The topological polar surface area (TPSA) is 50.7 Å². The largest absolute Gasteiger partial charge is 0.497 e. The molecule has 1 amide bonds. The molecule has 0 saturated carbocycles. The molecule has 0 aromatic heterocycles. The van der Waals surface area contributed by atoms with Gasteiger partial charge in [0.25, 0.3) is 0 Å². The molecule has 1 aromatic rings. The van der Waals surface area contributed by atoms with Crippen molar-refractivity contribution in [1.29, 1.82) is 0 Å². The number of amides is 1. The number of carbonyl (C=O) groups is 1. The van der Waals surface area contributed by atoms with Crippen molar-refractivity contribution in [3.05, 3.63) is 29.8 Å². The van der Waals surface area contributed by atoms with Gasteiger partial charge in [0.05, 0.1) is 16.2 Å². The van der Waals surface area contributed by atoms with Gasteiger partial charge in [-0.3, -0.25) is 4.79 Å². The van der Waals surface area contributed by atoms with Crippen molar-refractivity contribution in [2.24, 2.45) is 5.10 Å². The van der Waals surface area contributed by atoms with Crippen molar-refractivity contribution >= 4 is 34.2 Å². The third-order valence-electron chi connectivity index (χ3n) is 3.08. The number of nitrogens with one attached hydrogen (secondary N) is 1. The molecule has 1 aliphatic heterocycles. The molecule has 1 N–H and O–H groups in total. The fourth-order valence-electron chi connectivity index (χ4n) is 1.96. The number of hydrazone groups is 1. The smallest absolute Gasteiger partial charge is 0.241 e. The summed E-state index contributed by atoms with van der Waals surface area (Å²) in [4.78, 5) is 11.5. The van der Waals surface area contributed by atoms with E-state index in [4.69, 9.17) is 4.74 Å². The standard InChI is InChI=1S/C13H15IN2O2/c1-3-13(14)8-11(17)15-16-12(13)9-4-6-10(18-2)7-5-9/h4-7H,3,8H2,1-2H3,(H,15,17). The Kier molecular flexibility index (Phi) is 3.89. The van der Waals surface area contributed by atoms with Crippen LogP contribution in [-0.4, -0.2) is 22.2 Å². The summed E-state index contributed by atoms with van der Waals surface area (Å²) in [5.41, 5.74) is 4.51. The average molecular weight is 358 g/mol. The first kappa shape index (κ1) is 13.3. The average Bonchev–Trinajstić information content (AvgIpc) is 2.39. The SMILES string of the molecule is CCC1(I)CC(=O)NN=C1c1ccc(OC)cc1. The second kappa shape index (κ2) is 5.26. The lowest BCUT2D eigenvalue weighted by Gasteiger charge is -2.30. The number of methoxy groups -OCH3 is 1. The maximum atomic E-state index is 11.5. The highest BCUT2D eigenvalue weighted by atomic mass is 127. The Hall–Kier alpha value is -1.11. The van der Waals surface area contributed by atoms with E-state index in [2.05, 4.69) is 40.0 Å². The lowest BCUT2D eigenvalue weighted by molar-refractivity contribution is -0.121. The summed E-state index contributed by atoms with van der Waals surface area (Å²) in [7, 11) is 1.64. The Bertz CT molecular complexity index is 484. The lowest BCUT2D eigenvalue weighted by Crippen LogP contribution is -2.43. The highest BCUT2D eigenvalue weighted by Gasteiger charge is 2.37. The summed E-state index contributed by atoms with van der Waals surface area (Å²) in [6.07, 6.45) is 1.33. The minimum Gasteiger partial charge on any atom is -0.497 e. The van der Waals surface area contributed by atoms with Gasteiger partial charge >= 0.3 is 0 Å². The predicted octanol–water partition coefficient (Wildman–Crippen LogP) is 2.50. The van der Waals surface area contributed by atoms with Crippen LogP contribution in [0, 0.1) is 0 Å². The number of hydrogen-bond acceptors (Lipinski definition) is 3. The molecule has 5 heteroatoms. The Balaban J connectivity index is 2.37. The molecule has 18 heavy (non-hydrogen) atoms. The van der Waals surface area contributed by atoms with E-state index in [1.165, 1.54) is 0 Å². The molecule has 2 rings (SSSR count). The first-order valence-corrected chi connectivity index (χ1v) is 6.87. The first-order valence-electron chi connectivity index (χ1n) is 5.79. The number of hydrogen-bond donors (Lipinski definition) is 1. The molecule has 0 radical (unpaired) electrons. The summed E-state index contributed by atoms with van der Waals surface area (Å²) in [5, 5.41) is 4.23. The number of alkyl halides is 1. The molecule has 0 fully saturated rings. The van der Waals surface area contributed by atoms with Crippen LogP contribution in [0.15, 0.2) is 29.4 Å². The number of ether oxygens (including phenoxy) is 1. The molecule has 1 aromatic carbocycles. The van der Waals surface area contributed by atoms with Crippen molar-refractivity contribution in [2.45, 2.75) is 23.2 Å². The van der Waals surface area contributed by atoms with E-state index in [1.807, 2.05) is 24.3 Å². The van der Waals surface area contributed by atoms with Crippen molar-refractivity contribution in [3.63, 3.8) is 0 Å². The molecular formula is C13H15IN2O2. The van der Waals surface area contributed by atoms with Crippen LogP contribution in [0.4, 0.5) is 0 Å².